The van der Waals surface area contributed by atoms with Crippen LogP contribution in [0, 0.1) is 0 Å². The highest BCUT2D eigenvalue weighted by Gasteiger charge is 2.50. The number of aromatic amines is 1. The summed E-state index contributed by atoms with van der Waals surface area (Å²) in [5.41, 5.74) is 7.91. The van der Waals surface area contributed by atoms with E-state index in [4.69, 9.17) is 28.9 Å². The number of amides is 1. The highest BCUT2D eigenvalue weighted by molar-refractivity contribution is 6.42. The molecule has 4 N–H and O–H groups in total. The van der Waals surface area contributed by atoms with Gasteiger partial charge in [-0.15, -0.1) is 0 Å². The van der Waals surface area contributed by atoms with Gasteiger partial charge in [0.25, 0.3) is 0 Å². The van der Waals surface area contributed by atoms with Gasteiger partial charge < -0.3 is 20.9 Å². The third-order valence-electron chi connectivity index (χ3n) is 8.52. The van der Waals surface area contributed by atoms with Crippen molar-refractivity contribution in [2.45, 2.75) is 63.2 Å². The Morgan fingerprint density at radius 3 is 2.46 bits per heavy atom. The number of piperidine rings is 2. The molecular weight excluding hydrogens is 533 g/mol. The minimum absolute atomic E-state index is 0.248. The fourth-order valence-corrected chi connectivity index (χ4v) is 6.65. The van der Waals surface area contributed by atoms with E-state index in [1.807, 2.05) is 30.3 Å². The van der Waals surface area contributed by atoms with Crippen LogP contribution in [-0.2, 0) is 21.7 Å². The van der Waals surface area contributed by atoms with Crippen molar-refractivity contribution in [3.8, 4) is 0 Å². The highest BCUT2D eigenvalue weighted by Crippen LogP contribution is 2.35. The van der Waals surface area contributed by atoms with Gasteiger partial charge >= 0.3 is 0 Å². The Labute approximate surface area is 240 Å². The summed E-state index contributed by atoms with van der Waals surface area (Å²) >= 11 is 12.3. The lowest BCUT2D eigenvalue weighted by atomic mass is 9.78. The molecule has 0 aliphatic carbocycles. The molecule has 2 aliphatic heterocycles. The number of likely N-dealkylation sites (tertiary alicyclic amines) is 2. The Morgan fingerprint density at radius 2 is 1.77 bits per heavy atom. The van der Waals surface area contributed by atoms with Gasteiger partial charge in [-0.05, 0) is 69.5 Å². The van der Waals surface area contributed by atoms with E-state index in [1.54, 1.807) is 18.3 Å². The average molecular weight is 571 g/mol. The van der Waals surface area contributed by atoms with Crippen molar-refractivity contribution in [1.82, 2.24) is 20.1 Å². The Bertz CT molecular complexity index is 1330. The second-order valence-corrected chi connectivity index (χ2v) is 11.7. The number of benzene rings is 2. The van der Waals surface area contributed by atoms with Crippen LogP contribution in [0.15, 0.2) is 48.7 Å². The molecule has 2 fully saturated rings. The summed E-state index contributed by atoms with van der Waals surface area (Å²) in [6, 6.07) is 12.6. The number of nitrogens with two attached hydrogens (primary N) is 1. The number of nitrogens with one attached hydrogen (secondary N) is 2. The first-order chi connectivity index (χ1) is 18.8. The summed E-state index contributed by atoms with van der Waals surface area (Å²) in [5, 5.41) is 4.78. The lowest BCUT2D eigenvalue weighted by Crippen LogP contribution is -2.67. The van der Waals surface area contributed by atoms with Gasteiger partial charge in [-0.3, -0.25) is 14.5 Å². The van der Waals surface area contributed by atoms with Crippen LogP contribution >= 0.6 is 23.2 Å². The highest BCUT2D eigenvalue weighted by atomic mass is 35.5. The molecule has 1 aromatic heterocycles. The second-order valence-electron chi connectivity index (χ2n) is 10.9. The van der Waals surface area contributed by atoms with Crippen LogP contribution in [0.5, 0.6) is 0 Å². The molecule has 5 rings (SSSR count). The zero-order chi connectivity index (χ0) is 27.6. The van der Waals surface area contributed by atoms with Gasteiger partial charge in [-0.1, -0.05) is 53.9 Å². The number of H-pyrrole nitrogens is 1. The number of carbonyl (C=O) groups is 2. The van der Waals surface area contributed by atoms with E-state index < -0.39 is 11.6 Å². The van der Waals surface area contributed by atoms with Crippen LogP contribution in [0.2, 0.25) is 10.0 Å². The lowest BCUT2D eigenvalue weighted by Gasteiger charge is -2.46. The molecule has 208 valence electrons. The normalized spacial score (nSPS) is 20.0. The minimum atomic E-state index is -1.54. The summed E-state index contributed by atoms with van der Waals surface area (Å²) in [5.74, 6) is -0.527. The molecule has 3 heterocycles. The number of para-hydroxylation sites is 1. The van der Waals surface area contributed by atoms with Gasteiger partial charge in [0.15, 0.2) is 5.78 Å². The van der Waals surface area contributed by atoms with Gasteiger partial charge in [-0.25, -0.2) is 0 Å². The molecule has 0 spiro atoms. The summed E-state index contributed by atoms with van der Waals surface area (Å²) in [6.45, 7) is 5.41. The van der Waals surface area contributed by atoms with Crippen molar-refractivity contribution in [2.75, 3.05) is 26.2 Å². The number of ketones is 1. The van der Waals surface area contributed by atoms with Crippen LogP contribution in [-0.4, -0.2) is 64.7 Å². The SMILES string of the molecule is CC(=O)C(N)(c1c[nH]c2ccccc12)C(C(=O)NCc1ccc(Cl)c(Cl)c1)N1CCC(N2CCCCC2)CC1. The van der Waals surface area contributed by atoms with Gasteiger partial charge in [-0.2, -0.15) is 0 Å². The summed E-state index contributed by atoms with van der Waals surface area (Å²) in [6.07, 6.45) is 7.46. The van der Waals surface area contributed by atoms with Gasteiger partial charge in [0.2, 0.25) is 5.91 Å². The molecule has 2 aliphatic rings. The topological polar surface area (TPSA) is 94.5 Å². The average Bonchev–Trinajstić information content (AvgIpc) is 3.39. The number of rotatable bonds is 8. The van der Waals surface area contributed by atoms with E-state index in [2.05, 4.69) is 20.1 Å². The maximum atomic E-state index is 14.1. The van der Waals surface area contributed by atoms with Crippen molar-refractivity contribution in [3.05, 3.63) is 69.8 Å². The smallest absolute Gasteiger partial charge is 0.240 e. The van der Waals surface area contributed by atoms with Crippen LogP contribution in [0.4, 0.5) is 0 Å². The van der Waals surface area contributed by atoms with Crippen molar-refractivity contribution in [2.24, 2.45) is 5.73 Å². The Morgan fingerprint density at radius 1 is 1.05 bits per heavy atom. The van der Waals surface area contributed by atoms with Crippen molar-refractivity contribution in [3.63, 3.8) is 0 Å². The number of hydrogen-bond donors (Lipinski definition) is 3. The van der Waals surface area contributed by atoms with Crippen molar-refractivity contribution in [1.29, 1.82) is 0 Å². The summed E-state index contributed by atoms with van der Waals surface area (Å²) in [7, 11) is 0. The minimum Gasteiger partial charge on any atom is -0.361 e. The van der Waals surface area contributed by atoms with E-state index in [-0.39, 0.29) is 18.2 Å². The van der Waals surface area contributed by atoms with Gasteiger partial charge in [0.05, 0.1) is 10.0 Å². The largest absolute Gasteiger partial charge is 0.361 e. The molecule has 39 heavy (non-hydrogen) atoms. The first kappa shape index (κ1) is 28.1. The third kappa shape index (κ3) is 5.74. The first-order valence-electron chi connectivity index (χ1n) is 13.8. The van der Waals surface area contributed by atoms with Crippen LogP contribution in [0.1, 0.15) is 50.2 Å². The molecule has 2 unspecified atom stereocenters. The molecule has 2 saturated heterocycles. The second kappa shape index (κ2) is 12.0. The zero-order valence-corrected chi connectivity index (χ0v) is 23.9. The van der Waals surface area contributed by atoms with E-state index in [0.29, 0.717) is 34.7 Å². The quantitative estimate of drug-likeness (QED) is 0.360. The van der Waals surface area contributed by atoms with E-state index in [9.17, 15) is 9.59 Å². The number of fused-ring (bicyclic) bond motifs is 1. The van der Waals surface area contributed by atoms with Crippen LogP contribution in [0.25, 0.3) is 10.9 Å². The lowest BCUT2D eigenvalue weighted by molar-refractivity contribution is -0.137. The number of Topliss-reactive ketones (excluding diaryl/α,β-unsaturated/α-hetero) is 1. The molecule has 0 saturated carbocycles. The number of nitrogens with zero attached hydrogens (tertiary/aromatic N) is 2. The van der Waals surface area contributed by atoms with Gasteiger partial charge in [0, 0.05) is 48.3 Å². The molecule has 2 atom stereocenters. The number of aromatic nitrogens is 1. The van der Waals surface area contributed by atoms with E-state index in [0.717, 1.165) is 42.4 Å². The van der Waals surface area contributed by atoms with Crippen molar-refractivity contribution >= 4 is 45.8 Å². The molecule has 2 aromatic carbocycles. The fourth-order valence-electron chi connectivity index (χ4n) is 6.33. The van der Waals surface area contributed by atoms with Crippen molar-refractivity contribution < 1.29 is 9.59 Å². The monoisotopic (exact) mass is 569 g/mol. The molecule has 3 aromatic rings. The Balaban J connectivity index is 1.45. The maximum Gasteiger partial charge on any atom is 0.240 e. The Hall–Kier alpha value is -2.42. The number of halogens is 2. The molecular formula is C30H37Cl2N5O2. The van der Waals surface area contributed by atoms with E-state index in [1.165, 1.54) is 26.2 Å². The zero-order valence-electron chi connectivity index (χ0n) is 22.4. The Kier molecular flexibility index (Phi) is 8.64. The fraction of sp³-hybridized carbons (Fsp3) is 0.467. The molecule has 0 radical (unpaired) electrons. The number of hydrogen-bond acceptors (Lipinski definition) is 5. The number of carbonyl (C=O) groups excluding carboxylic acids is 2. The molecule has 9 heteroatoms. The molecule has 1 amide bonds. The summed E-state index contributed by atoms with van der Waals surface area (Å²) in [4.78, 5) is 35.5. The third-order valence-corrected chi connectivity index (χ3v) is 9.26. The predicted octanol–water partition coefficient (Wildman–Crippen LogP) is 4.85. The van der Waals surface area contributed by atoms with Crippen LogP contribution < -0.4 is 11.1 Å². The molecule has 0 bridgehead atoms. The standard InChI is InChI=1S/C30H37Cl2N5O2/c1-20(38)30(33,24-19-34-27-8-4-3-7-23(24)27)28(29(39)35-18-21-9-10-25(31)26(32)17-21)37-15-11-22(12-16-37)36-13-5-2-6-14-36/h3-4,7-10,17,19,22,28,34H,2,5-6,11-16,18,33H2,1H3,(H,35,39). The van der Waals surface area contributed by atoms with Gasteiger partial charge in [0.1, 0.15) is 11.6 Å². The maximum absolute atomic E-state index is 14.1. The van der Waals surface area contributed by atoms with Crippen LogP contribution in [0.3, 0.4) is 0 Å². The predicted molar refractivity (Wildman–Crippen MR) is 157 cm³/mol. The van der Waals surface area contributed by atoms with E-state index >= 15 is 0 Å². The first-order valence-corrected chi connectivity index (χ1v) is 14.6. The summed E-state index contributed by atoms with van der Waals surface area (Å²) < 4.78 is 0. The molecule has 7 nitrogen and oxygen atoms in total.